The van der Waals surface area contributed by atoms with Crippen molar-refractivity contribution in [1.82, 2.24) is 0 Å². The van der Waals surface area contributed by atoms with Gasteiger partial charge in [0, 0.05) is 16.8 Å². The predicted molar refractivity (Wildman–Crippen MR) is 103 cm³/mol. The third-order valence-corrected chi connectivity index (χ3v) is 4.93. The van der Waals surface area contributed by atoms with Gasteiger partial charge >= 0.3 is 0 Å². The first-order valence-electron chi connectivity index (χ1n) is 8.02. The van der Waals surface area contributed by atoms with Crippen molar-refractivity contribution in [2.75, 3.05) is 10.6 Å². The Kier molecular flexibility index (Phi) is 4.92. The number of hydrogen-bond donors (Lipinski definition) is 3. The van der Waals surface area contributed by atoms with E-state index in [0.29, 0.717) is 5.69 Å². The van der Waals surface area contributed by atoms with Crippen molar-refractivity contribution in [3.8, 4) is 0 Å². The molecule has 0 fully saturated rings. The second-order valence-corrected chi connectivity index (χ2v) is 7.51. The molecule has 3 aromatic carbocycles. The standard InChI is InChI=1S/C19H19N3O3S/c1-13(21-18-8-4-6-14-5-2-3-7-17(14)18)19(23)22-15-9-11-16(12-10-15)26(20,24)25/h2-13,21H,1H3,(H,22,23)(H2,20,24,25)/t13-/m1/s1. The van der Waals surface area contributed by atoms with E-state index in [1.807, 2.05) is 42.5 Å². The number of carbonyl (C=O) groups is 1. The van der Waals surface area contributed by atoms with E-state index in [9.17, 15) is 13.2 Å². The minimum atomic E-state index is -3.75. The molecule has 6 nitrogen and oxygen atoms in total. The molecule has 0 spiro atoms. The van der Waals surface area contributed by atoms with Crippen LogP contribution in [0.4, 0.5) is 11.4 Å². The van der Waals surface area contributed by atoms with Crippen molar-refractivity contribution >= 4 is 38.1 Å². The van der Waals surface area contributed by atoms with Crippen molar-refractivity contribution < 1.29 is 13.2 Å². The highest BCUT2D eigenvalue weighted by Crippen LogP contribution is 2.23. The van der Waals surface area contributed by atoms with Gasteiger partial charge in [0.05, 0.1) is 4.90 Å². The third kappa shape index (κ3) is 4.01. The number of nitrogens with two attached hydrogens (primary N) is 1. The Morgan fingerprint density at radius 3 is 2.31 bits per heavy atom. The first-order chi connectivity index (χ1) is 12.3. The SMILES string of the molecule is C[C@@H](Nc1cccc2ccccc12)C(=O)Nc1ccc(S(N)(=O)=O)cc1. The summed E-state index contributed by atoms with van der Waals surface area (Å²) >= 11 is 0. The minimum absolute atomic E-state index is 0.00238. The number of fused-ring (bicyclic) bond motifs is 1. The quantitative estimate of drug-likeness (QED) is 0.643. The van der Waals surface area contributed by atoms with E-state index in [4.69, 9.17) is 5.14 Å². The molecule has 0 saturated carbocycles. The van der Waals surface area contributed by atoms with Crippen LogP contribution in [-0.2, 0) is 14.8 Å². The zero-order chi connectivity index (χ0) is 18.7. The van der Waals surface area contributed by atoms with Crippen molar-refractivity contribution in [3.63, 3.8) is 0 Å². The highest BCUT2D eigenvalue weighted by Gasteiger charge is 2.14. The van der Waals surface area contributed by atoms with Crippen LogP contribution in [0.1, 0.15) is 6.92 Å². The average molecular weight is 369 g/mol. The highest BCUT2D eigenvalue weighted by molar-refractivity contribution is 7.89. The van der Waals surface area contributed by atoms with Gasteiger partial charge in [0.15, 0.2) is 0 Å². The fraction of sp³-hybridized carbons (Fsp3) is 0.105. The maximum atomic E-state index is 12.4. The summed E-state index contributed by atoms with van der Waals surface area (Å²) in [5.41, 5.74) is 1.37. The fourth-order valence-corrected chi connectivity index (χ4v) is 3.14. The Hall–Kier alpha value is -2.90. The lowest BCUT2D eigenvalue weighted by Crippen LogP contribution is -2.31. The monoisotopic (exact) mass is 369 g/mol. The van der Waals surface area contributed by atoms with Gasteiger partial charge in [0.2, 0.25) is 15.9 Å². The molecule has 0 aromatic heterocycles. The molecule has 0 aliphatic rings. The minimum Gasteiger partial charge on any atom is -0.373 e. The van der Waals surface area contributed by atoms with E-state index in [-0.39, 0.29) is 10.8 Å². The second kappa shape index (κ2) is 7.15. The Labute approximate surface area is 152 Å². The van der Waals surface area contributed by atoms with Crippen molar-refractivity contribution in [2.24, 2.45) is 5.14 Å². The van der Waals surface area contributed by atoms with Gasteiger partial charge in [0.25, 0.3) is 0 Å². The Morgan fingerprint density at radius 2 is 1.62 bits per heavy atom. The van der Waals surface area contributed by atoms with Gasteiger partial charge in [-0.15, -0.1) is 0 Å². The maximum absolute atomic E-state index is 12.4. The van der Waals surface area contributed by atoms with Crippen LogP contribution in [0.2, 0.25) is 0 Å². The Balaban J connectivity index is 1.72. The molecule has 0 heterocycles. The van der Waals surface area contributed by atoms with Crippen molar-refractivity contribution in [3.05, 3.63) is 66.7 Å². The van der Waals surface area contributed by atoms with Crippen molar-refractivity contribution in [2.45, 2.75) is 17.9 Å². The van der Waals surface area contributed by atoms with Gasteiger partial charge in [-0.1, -0.05) is 36.4 Å². The summed E-state index contributed by atoms with van der Waals surface area (Å²) < 4.78 is 22.5. The van der Waals surface area contributed by atoms with E-state index in [1.165, 1.54) is 24.3 Å². The number of nitrogens with one attached hydrogen (secondary N) is 2. The maximum Gasteiger partial charge on any atom is 0.246 e. The lowest BCUT2D eigenvalue weighted by Gasteiger charge is -2.17. The summed E-state index contributed by atoms with van der Waals surface area (Å²) in [5, 5.41) is 13.1. The molecule has 0 bridgehead atoms. The van der Waals surface area contributed by atoms with Gasteiger partial charge < -0.3 is 10.6 Å². The zero-order valence-corrected chi connectivity index (χ0v) is 15.0. The van der Waals surface area contributed by atoms with Gasteiger partial charge in [-0.2, -0.15) is 0 Å². The van der Waals surface area contributed by atoms with Crippen molar-refractivity contribution in [1.29, 1.82) is 0 Å². The fourth-order valence-electron chi connectivity index (χ4n) is 2.63. The summed E-state index contributed by atoms with van der Waals surface area (Å²) in [5.74, 6) is -0.235. The average Bonchev–Trinajstić information content (AvgIpc) is 2.61. The summed E-state index contributed by atoms with van der Waals surface area (Å²) in [6, 6.07) is 19.0. The smallest absolute Gasteiger partial charge is 0.246 e. The number of hydrogen-bond acceptors (Lipinski definition) is 4. The second-order valence-electron chi connectivity index (χ2n) is 5.95. The molecule has 3 aromatic rings. The van der Waals surface area contributed by atoms with Crippen LogP contribution < -0.4 is 15.8 Å². The highest BCUT2D eigenvalue weighted by atomic mass is 32.2. The molecule has 3 rings (SSSR count). The molecule has 26 heavy (non-hydrogen) atoms. The van der Waals surface area contributed by atoms with Crippen LogP contribution in [0.15, 0.2) is 71.6 Å². The summed E-state index contributed by atoms with van der Waals surface area (Å²) in [6.07, 6.45) is 0. The lowest BCUT2D eigenvalue weighted by molar-refractivity contribution is -0.116. The van der Waals surface area contributed by atoms with E-state index < -0.39 is 16.1 Å². The molecular weight excluding hydrogens is 350 g/mol. The van der Waals surface area contributed by atoms with E-state index >= 15 is 0 Å². The first-order valence-corrected chi connectivity index (χ1v) is 9.57. The number of sulfonamides is 1. The number of benzene rings is 3. The van der Waals surface area contributed by atoms with Crippen LogP contribution in [0.3, 0.4) is 0 Å². The number of primary sulfonamides is 1. The van der Waals surface area contributed by atoms with E-state index in [2.05, 4.69) is 10.6 Å². The number of anilines is 2. The Morgan fingerprint density at radius 1 is 0.962 bits per heavy atom. The summed E-state index contributed by atoms with van der Waals surface area (Å²) in [7, 11) is -3.75. The molecule has 0 saturated heterocycles. The van der Waals surface area contributed by atoms with Gasteiger partial charge in [-0.25, -0.2) is 13.6 Å². The number of amides is 1. The van der Waals surface area contributed by atoms with E-state index in [0.717, 1.165) is 16.5 Å². The zero-order valence-electron chi connectivity index (χ0n) is 14.1. The molecule has 0 aliphatic carbocycles. The molecule has 1 amide bonds. The van der Waals surface area contributed by atoms with Crippen LogP contribution in [-0.4, -0.2) is 20.4 Å². The van der Waals surface area contributed by atoms with Gasteiger partial charge in [-0.3, -0.25) is 4.79 Å². The normalized spacial score (nSPS) is 12.5. The van der Waals surface area contributed by atoms with Crippen LogP contribution in [0.25, 0.3) is 10.8 Å². The topological polar surface area (TPSA) is 101 Å². The van der Waals surface area contributed by atoms with E-state index in [1.54, 1.807) is 6.92 Å². The molecule has 0 radical (unpaired) electrons. The number of carbonyl (C=O) groups excluding carboxylic acids is 1. The lowest BCUT2D eigenvalue weighted by atomic mass is 10.1. The molecule has 7 heteroatoms. The van der Waals surface area contributed by atoms with Crippen LogP contribution in [0, 0.1) is 0 Å². The molecule has 4 N–H and O–H groups in total. The first kappa shape index (κ1) is 17.9. The third-order valence-electron chi connectivity index (χ3n) is 4.01. The number of rotatable bonds is 5. The summed E-state index contributed by atoms with van der Waals surface area (Å²) in [4.78, 5) is 12.4. The predicted octanol–water partition coefficient (Wildman–Crippen LogP) is 2.93. The largest absolute Gasteiger partial charge is 0.373 e. The molecule has 134 valence electrons. The summed E-state index contributed by atoms with van der Waals surface area (Å²) in [6.45, 7) is 1.76. The van der Waals surface area contributed by atoms with Crippen LogP contribution >= 0.6 is 0 Å². The van der Waals surface area contributed by atoms with Gasteiger partial charge in [-0.05, 0) is 42.6 Å². The molecule has 0 aliphatic heterocycles. The molecule has 0 unspecified atom stereocenters. The molecular formula is C19H19N3O3S. The van der Waals surface area contributed by atoms with Crippen LogP contribution in [0.5, 0.6) is 0 Å². The molecule has 1 atom stereocenters. The Bertz CT molecular complexity index is 1040. The van der Waals surface area contributed by atoms with Gasteiger partial charge in [0.1, 0.15) is 6.04 Å².